The Kier molecular flexibility index (Phi) is 6.22. The summed E-state index contributed by atoms with van der Waals surface area (Å²) in [6.07, 6.45) is 8.44. The summed E-state index contributed by atoms with van der Waals surface area (Å²) in [4.78, 5) is 23.3. The molecule has 0 bridgehead atoms. The molecule has 0 aromatic carbocycles. The Morgan fingerprint density at radius 3 is 2.84 bits per heavy atom. The Bertz CT molecular complexity index is 1040. The lowest BCUT2D eigenvalue weighted by Crippen LogP contribution is -2.50. The fourth-order valence-electron chi connectivity index (χ4n) is 3.96. The number of carbonyl (C=O) groups is 1. The number of likely N-dealkylation sites (N-methyl/N-ethyl adjacent to an activating group) is 1. The molecule has 31 heavy (non-hydrogen) atoms. The van der Waals surface area contributed by atoms with Crippen LogP contribution in [-0.4, -0.2) is 61.4 Å². The first kappa shape index (κ1) is 21.3. The quantitative estimate of drug-likeness (QED) is 0.527. The number of ether oxygens (including phenoxy) is 1. The first-order chi connectivity index (χ1) is 14.9. The van der Waals surface area contributed by atoms with Gasteiger partial charge in [0.15, 0.2) is 0 Å². The summed E-state index contributed by atoms with van der Waals surface area (Å²) < 4.78 is 9.17. The number of anilines is 2. The van der Waals surface area contributed by atoms with Gasteiger partial charge in [-0.15, -0.1) is 0 Å². The number of aromatic nitrogens is 5. The number of nitrogens with zero attached hydrogens (tertiary/aromatic N) is 6. The number of hydrogen-bond donors (Lipinski definition) is 1. The minimum absolute atomic E-state index is 0.00923. The van der Waals surface area contributed by atoms with Gasteiger partial charge in [-0.25, -0.2) is 4.98 Å². The Morgan fingerprint density at radius 2 is 2.13 bits per heavy atom. The number of likely N-dealkylation sites (tertiary alicyclic amines) is 1. The van der Waals surface area contributed by atoms with Crippen molar-refractivity contribution in [2.75, 3.05) is 25.5 Å². The van der Waals surface area contributed by atoms with Crippen molar-refractivity contribution in [1.29, 1.82) is 0 Å². The van der Waals surface area contributed by atoms with E-state index in [1.54, 1.807) is 17.1 Å². The summed E-state index contributed by atoms with van der Waals surface area (Å²) in [5, 5.41) is 8.45. The van der Waals surface area contributed by atoms with Crippen molar-refractivity contribution in [2.24, 2.45) is 11.8 Å². The summed E-state index contributed by atoms with van der Waals surface area (Å²) in [6.45, 7) is 9.35. The lowest BCUT2D eigenvalue weighted by molar-refractivity contribution is -0.157. The Hall–Kier alpha value is -2.94. The average Bonchev–Trinajstić information content (AvgIpc) is 3.31. The van der Waals surface area contributed by atoms with Crippen LogP contribution in [0.4, 0.5) is 11.6 Å². The first-order valence-electron chi connectivity index (χ1n) is 10.9. The van der Waals surface area contributed by atoms with Gasteiger partial charge in [0.05, 0.1) is 11.9 Å². The number of rotatable bonds is 9. The maximum atomic E-state index is 12.1. The lowest BCUT2D eigenvalue weighted by atomic mass is 9.93. The molecule has 1 fully saturated rings. The topological polar surface area (TPSA) is 90.1 Å². The van der Waals surface area contributed by atoms with Crippen LogP contribution in [0.1, 0.15) is 27.2 Å². The fraction of sp³-hybridized carbons (Fsp3) is 0.545. The van der Waals surface area contributed by atoms with E-state index in [9.17, 15) is 4.79 Å². The number of esters is 1. The van der Waals surface area contributed by atoms with Crippen LogP contribution in [0.15, 0.2) is 30.9 Å². The van der Waals surface area contributed by atoms with Crippen molar-refractivity contribution in [3.8, 4) is 0 Å². The van der Waals surface area contributed by atoms with Crippen LogP contribution in [0.3, 0.4) is 0 Å². The molecule has 1 saturated heterocycles. The molecular weight excluding hydrogens is 394 g/mol. The van der Waals surface area contributed by atoms with Gasteiger partial charge in [0.1, 0.15) is 18.3 Å². The van der Waals surface area contributed by atoms with E-state index in [-0.39, 0.29) is 18.6 Å². The molecule has 1 N–H and O–H groups in total. The number of fused-ring (bicyclic) bond motifs is 1. The van der Waals surface area contributed by atoms with Crippen LogP contribution in [0.2, 0.25) is 0 Å². The van der Waals surface area contributed by atoms with Crippen LogP contribution in [0.25, 0.3) is 11.0 Å². The van der Waals surface area contributed by atoms with E-state index < -0.39 is 0 Å². The summed E-state index contributed by atoms with van der Waals surface area (Å²) in [5.74, 6) is 1.44. The van der Waals surface area contributed by atoms with Gasteiger partial charge < -0.3 is 14.6 Å². The van der Waals surface area contributed by atoms with Gasteiger partial charge in [-0.05, 0) is 24.9 Å². The number of nitrogens with one attached hydrogen (secondary N) is 1. The second-order valence-electron chi connectivity index (χ2n) is 8.74. The molecule has 9 heteroatoms. The van der Waals surface area contributed by atoms with Crippen molar-refractivity contribution >= 4 is 28.6 Å². The van der Waals surface area contributed by atoms with Crippen LogP contribution in [-0.2, 0) is 22.6 Å². The highest BCUT2D eigenvalue weighted by Crippen LogP contribution is 2.22. The van der Waals surface area contributed by atoms with E-state index in [0.29, 0.717) is 17.8 Å². The maximum absolute atomic E-state index is 12.1. The third kappa shape index (κ3) is 5.04. The van der Waals surface area contributed by atoms with Gasteiger partial charge in [0.25, 0.3) is 0 Å². The van der Waals surface area contributed by atoms with Crippen LogP contribution < -0.4 is 5.32 Å². The predicted octanol–water partition coefficient (Wildman–Crippen LogP) is 2.91. The highest BCUT2D eigenvalue weighted by Gasteiger charge is 2.26. The van der Waals surface area contributed by atoms with E-state index in [0.717, 1.165) is 42.8 Å². The zero-order valence-corrected chi connectivity index (χ0v) is 18.7. The number of carbonyl (C=O) groups excluding carboxylic acids is 1. The molecule has 4 rings (SSSR count). The molecule has 9 nitrogen and oxygen atoms in total. The van der Waals surface area contributed by atoms with Gasteiger partial charge in [0.2, 0.25) is 5.95 Å². The normalized spacial score (nSPS) is 15.9. The molecule has 166 valence electrons. The molecule has 4 heterocycles. The van der Waals surface area contributed by atoms with Crippen LogP contribution in [0.5, 0.6) is 0 Å². The minimum atomic E-state index is -0.279. The Morgan fingerprint density at radius 1 is 1.32 bits per heavy atom. The molecule has 0 aliphatic carbocycles. The molecule has 3 aromatic heterocycles. The van der Waals surface area contributed by atoms with Gasteiger partial charge >= 0.3 is 5.97 Å². The van der Waals surface area contributed by atoms with E-state index in [1.807, 2.05) is 13.2 Å². The smallest absolute Gasteiger partial charge is 0.328 e. The molecular formula is C22H31N7O2. The lowest BCUT2D eigenvalue weighted by Gasteiger charge is -2.35. The van der Waals surface area contributed by atoms with Crippen LogP contribution >= 0.6 is 0 Å². The highest BCUT2D eigenvalue weighted by molar-refractivity contribution is 5.76. The largest absolute Gasteiger partial charge is 0.458 e. The predicted molar refractivity (Wildman–Crippen MR) is 119 cm³/mol. The highest BCUT2D eigenvalue weighted by atomic mass is 16.5. The molecule has 0 unspecified atom stereocenters. The summed E-state index contributed by atoms with van der Waals surface area (Å²) in [7, 11) is 2.00. The van der Waals surface area contributed by atoms with Gasteiger partial charge in [-0.3, -0.25) is 14.4 Å². The third-order valence-electron chi connectivity index (χ3n) is 5.91. The molecule has 0 spiro atoms. The van der Waals surface area contributed by atoms with E-state index in [4.69, 9.17) is 9.72 Å². The number of hydrogen-bond acceptors (Lipinski definition) is 7. The first-order valence-corrected chi connectivity index (χ1v) is 10.9. The second-order valence-corrected chi connectivity index (χ2v) is 8.74. The minimum Gasteiger partial charge on any atom is -0.458 e. The molecule has 0 saturated carbocycles. The summed E-state index contributed by atoms with van der Waals surface area (Å²) >= 11 is 0. The molecule has 3 aromatic rings. The SMILES string of the molecule is CC[C@H](Cn1ccc2cnc(Nc3cnn(CC(=O)OC4CN(C)C4)c3)nc21)C(C)C. The summed E-state index contributed by atoms with van der Waals surface area (Å²) in [6, 6.07) is 2.05. The van der Waals surface area contributed by atoms with Crippen molar-refractivity contribution < 1.29 is 9.53 Å². The van der Waals surface area contributed by atoms with E-state index in [1.165, 1.54) is 0 Å². The standard InChI is InChI=1S/C22H31N7O2/c1-5-16(15(2)3)10-28-7-6-17-8-23-22(26-21(17)28)25-18-9-24-29(11-18)14-20(30)31-19-12-27(4)13-19/h6-9,11,15-16,19H,5,10,12-14H2,1-4H3,(H,23,25,26)/t16-/m1/s1. The zero-order chi connectivity index (χ0) is 22.0. The molecule has 1 aliphatic rings. The maximum Gasteiger partial charge on any atom is 0.328 e. The van der Waals surface area contributed by atoms with Gasteiger partial charge in [0, 0.05) is 43.6 Å². The van der Waals surface area contributed by atoms with Crippen LogP contribution in [0, 0.1) is 11.8 Å². The van der Waals surface area contributed by atoms with Crippen molar-refractivity contribution in [3.05, 3.63) is 30.9 Å². The van der Waals surface area contributed by atoms with E-state index >= 15 is 0 Å². The monoisotopic (exact) mass is 425 g/mol. The average molecular weight is 426 g/mol. The van der Waals surface area contributed by atoms with Crippen molar-refractivity contribution in [1.82, 2.24) is 29.2 Å². The summed E-state index contributed by atoms with van der Waals surface area (Å²) in [5.41, 5.74) is 1.64. The van der Waals surface area contributed by atoms with E-state index in [2.05, 4.69) is 57.9 Å². The zero-order valence-electron chi connectivity index (χ0n) is 18.7. The van der Waals surface area contributed by atoms with Gasteiger partial charge in [-0.2, -0.15) is 10.1 Å². The molecule has 0 amide bonds. The Labute approximate surface area is 182 Å². The molecule has 1 aliphatic heterocycles. The fourth-order valence-corrected chi connectivity index (χ4v) is 3.96. The second kappa shape index (κ2) is 9.05. The van der Waals surface area contributed by atoms with Crippen molar-refractivity contribution in [3.63, 3.8) is 0 Å². The molecule has 0 radical (unpaired) electrons. The third-order valence-corrected chi connectivity index (χ3v) is 5.91. The van der Waals surface area contributed by atoms with Gasteiger partial charge in [-0.1, -0.05) is 27.2 Å². The van der Waals surface area contributed by atoms with Crippen molar-refractivity contribution in [2.45, 2.75) is 46.4 Å². The molecule has 1 atom stereocenters. The Balaban J connectivity index is 1.40.